The van der Waals surface area contributed by atoms with Gasteiger partial charge in [-0.3, -0.25) is 14.3 Å². The minimum Gasteiger partial charge on any atom is -0.457 e. The number of aromatic nitrogens is 2. The van der Waals surface area contributed by atoms with Gasteiger partial charge < -0.3 is 24.4 Å². The van der Waals surface area contributed by atoms with Crippen LogP contribution in [-0.2, 0) is 11.3 Å². The van der Waals surface area contributed by atoms with Crippen molar-refractivity contribution in [3.63, 3.8) is 0 Å². The number of ether oxygens (including phenoxy) is 3. The van der Waals surface area contributed by atoms with E-state index in [9.17, 15) is 22.8 Å². The molecule has 1 saturated heterocycles. The molecule has 0 bridgehead atoms. The number of hydrogen-bond donors (Lipinski definition) is 1. The Morgan fingerprint density at radius 2 is 1.70 bits per heavy atom. The van der Waals surface area contributed by atoms with Gasteiger partial charge in [-0.25, -0.2) is 4.39 Å². The molecule has 1 N–H and O–H groups in total. The topological polar surface area (TPSA) is 94.9 Å². The number of nitrogens with one attached hydrogen (secondary N) is 1. The maximum absolute atomic E-state index is 13.6. The Morgan fingerprint density at radius 1 is 0.957 bits per heavy atom. The summed E-state index contributed by atoms with van der Waals surface area (Å²) in [4.78, 5) is 28.3. The van der Waals surface area contributed by atoms with Crippen LogP contribution in [0.1, 0.15) is 52.8 Å². The Hall–Kier alpha value is -4.58. The van der Waals surface area contributed by atoms with Crippen LogP contribution in [0.4, 0.5) is 13.2 Å². The summed E-state index contributed by atoms with van der Waals surface area (Å²) in [6.07, 6.45) is 6.42. The van der Waals surface area contributed by atoms with Crippen LogP contribution in [-0.4, -0.2) is 65.5 Å². The van der Waals surface area contributed by atoms with Crippen LogP contribution in [0.2, 0.25) is 0 Å². The Balaban J connectivity index is 1.14. The largest absolute Gasteiger partial charge is 0.457 e. The molecule has 46 heavy (non-hydrogen) atoms. The lowest BCUT2D eigenvalue weighted by Crippen LogP contribution is -2.45. The van der Waals surface area contributed by atoms with E-state index in [0.717, 1.165) is 32.1 Å². The molecule has 242 valence electrons. The number of piperidine rings is 1. The molecule has 6 rings (SSSR count). The molecule has 2 fully saturated rings. The number of amides is 2. The monoisotopic (exact) mass is 636 g/mol. The van der Waals surface area contributed by atoms with E-state index in [-0.39, 0.29) is 41.0 Å². The summed E-state index contributed by atoms with van der Waals surface area (Å²) in [5.74, 6) is 0.304. The molecule has 2 amide bonds. The zero-order valence-corrected chi connectivity index (χ0v) is 25.2. The lowest BCUT2D eigenvalue weighted by molar-refractivity contribution is -0.0491. The lowest BCUT2D eigenvalue weighted by Gasteiger charge is -2.35. The van der Waals surface area contributed by atoms with Crippen molar-refractivity contribution in [3.05, 3.63) is 83.8 Å². The number of rotatable bonds is 13. The summed E-state index contributed by atoms with van der Waals surface area (Å²) in [5, 5.41) is 7.56. The van der Waals surface area contributed by atoms with E-state index < -0.39 is 12.5 Å². The van der Waals surface area contributed by atoms with Crippen LogP contribution in [0.5, 0.6) is 17.2 Å². The summed E-state index contributed by atoms with van der Waals surface area (Å²) in [7, 11) is 0. The second-order valence-corrected chi connectivity index (χ2v) is 11.6. The van der Waals surface area contributed by atoms with Crippen LogP contribution >= 0.6 is 0 Å². The highest BCUT2D eigenvalue weighted by atomic mass is 19.3. The minimum absolute atomic E-state index is 0.0177. The van der Waals surface area contributed by atoms with Crippen molar-refractivity contribution in [3.8, 4) is 17.2 Å². The highest BCUT2D eigenvalue weighted by molar-refractivity contribution is 6.03. The zero-order chi connectivity index (χ0) is 32.0. The number of fused-ring (bicyclic) bond motifs is 1. The van der Waals surface area contributed by atoms with Crippen LogP contribution in [0.25, 0.3) is 10.9 Å². The Kier molecular flexibility index (Phi) is 9.72. The molecular formula is C34H35F3N4O5. The van der Waals surface area contributed by atoms with Crippen molar-refractivity contribution in [2.75, 3.05) is 26.3 Å². The quantitative estimate of drug-likeness (QED) is 0.170. The molecule has 1 saturated carbocycles. The summed E-state index contributed by atoms with van der Waals surface area (Å²) >= 11 is 0. The Morgan fingerprint density at radius 3 is 2.41 bits per heavy atom. The molecule has 2 aliphatic rings. The first-order chi connectivity index (χ1) is 22.3. The van der Waals surface area contributed by atoms with Gasteiger partial charge in [0.1, 0.15) is 23.1 Å². The molecule has 0 radical (unpaired) electrons. The molecule has 1 aliphatic heterocycles. The predicted molar refractivity (Wildman–Crippen MR) is 164 cm³/mol. The van der Waals surface area contributed by atoms with Gasteiger partial charge in [0.2, 0.25) is 0 Å². The van der Waals surface area contributed by atoms with Crippen molar-refractivity contribution < 1.29 is 37.0 Å². The smallest absolute Gasteiger partial charge is 0.387 e. The third kappa shape index (κ3) is 7.79. The van der Waals surface area contributed by atoms with Gasteiger partial charge in [-0.15, -0.1) is 0 Å². The first kappa shape index (κ1) is 31.4. The average molecular weight is 637 g/mol. The predicted octanol–water partition coefficient (Wildman–Crippen LogP) is 6.42. The number of halogens is 3. The first-order valence-electron chi connectivity index (χ1n) is 15.5. The van der Waals surface area contributed by atoms with Gasteiger partial charge in [0.15, 0.2) is 0 Å². The second kappa shape index (κ2) is 14.2. The molecule has 3 aromatic carbocycles. The number of likely N-dealkylation sites (tertiary alicyclic amines) is 1. The summed E-state index contributed by atoms with van der Waals surface area (Å²) in [6.45, 7) is -1.01. The molecule has 2 heterocycles. The van der Waals surface area contributed by atoms with Crippen molar-refractivity contribution in [1.29, 1.82) is 0 Å². The fourth-order valence-electron chi connectivity index (χ4n) is 5.62. The van der Waals surface area contributed by atoms with Gasteiger partial charge in [-0.05, 0) is 98.7 Å². The molecule has 12 heteroatoms. The van der Waals surface area contributed by atoms with Gasteiger partial charge in [0.05, 0.1) is 35.7 Å². The molecular weight excluding hydrogens is 601 g/mol. The molecule has 1 atom stereocenters. The zero-order valence-electron chi connectivity index (χ0n) is 25.2. The number of nitrogens with zero attached hydrogens (tertiary/aromatic N) is 3. The van der Waals surface area contributed by atoms with E-state index in [4.69, 9.17) is 14.2 Å². The fourth-order valence-corrected chi connectivity index (χ4v) is 5.62. The fraction of sp³-hybridized carbons (Fsp3) is 0.382. The van der Waals surface area contributed by atoms with Gasteiger partial charge >= 0.3 is 6.61 Å². The summed E-state index contributed by atoms with van der Waals surface area (Å²) in [6, 6.07) is 15.3. The number of alkyl halides is 2. The van der Waals surface area contributed by atoms with E-state index in [0.29, 0.717) is 54.8 Å². The Bertz CT molecular complexity index is 1660. The third-order valence-corrected chi connectivity index (χ3v) is 8.16. The highest BCUT2D eigenvalue weighted by Crippen LogP contribution is 2.32. The molecule has 0 spiro atoms. The number of hydrogen-bond acceptors (Lipinski definition) is 6. The van der Waals surface area contributed by atoms with Crippen molar-refractivity contribution >= 4 is 22.7 Å². The first-order valence-corrected chi connectivity index (χ1v) is 15.5. The standard InChI is InChI=1S/C34H35F3N4O5/c35-24-8-12-27(13-9-24)45-26-10-6-23(7-11-26)33(43)41-17-2-1-3-25(41)19-40-20-29-30(39-40)15-14-28(31(29)46-34(36)37)32(42)38-16-18-44-21-22-4-5-22/h6-15,20,22,25,34H,1-5,16-19,21H2,(H,38,42). The molecule has 9 nitrogen and oxygen atoms in total. The van der Waals surface area contributed by atoms with Crippen molar-refractivity contribution in [2.45, 2.75) is 51.3 Å². The number of carbonyl (C=O) groups is 2. The Labute approximate surface area is 264 Å². The third-order valence-electron chi connectivity index (χ3n) is 8.16. The molecule has 4 aromatic rings. The summed E-state index contributed by atoms with van der Waals surface area (Å²) in [5.41, 5.74) is 0.867. The normalized spacial score (nSPS) is 16.5. The lowest BCUT2D eigenvalue weighted by atomic mass is 10.0. The van der Waals surface area contributed by atoms with Crippen LogP contribution in [0.3, 0.4) is 0 Å². The maximum Gasteiger partial charge on any atom is 0.387 e. The van der Waals surface area contributed by atoms with Gasteiger partial charge in [0.25, 0.3) is 11.8 Å². The number of benzene rings is 3. The van der Waals surface area contributed by atoms with E-state index in [1.54, 1.807) is 41.2 Å². The second-order valence-electron chi connectivity index (χ2n) is 11.6. The minimum atomic E-state index is -3.14. The number of carbonyl (C=O) groups excluding carboxylic acids is 2. The van der Waals surface area contributed by atoms with Crippen LogP contribution in [0.15, 0.2) is 66.9 Å². The van der Waals surface area contributed by atoms with E-state index in [1.165, 1.54) is 30.3 Å². The summed E-state index contributed by atoms with van der Waals surface area (Å²) < 4.78 is 57.9. The van der Waals surface area contributed by atoms with Gasteiger partial charge in [-0.2, -0.15) is 13.9 Å². The molecule has 1 unspecified atom stereocenters. The van der Waals surface area contributed by atoms with Gasteiger partial charge in [0, 0.05) is 31.5 Å². The van der Waals surface area contributed by atoms with E-state index in [2.05, 4.69) is 10.4 Å². The van der Waals surface area contributed by atoms with Gasteiger partial charge in [-0.1, -0.05) is 0 Å². The molecule has 1 aliphatic carbocycles. The SMILES string of the molecule is O=C(NCCOCC1CC1)c1ccc2nn(CC3CCCCN3C(=O)c3ccc(Oc4ccc(F)cc4)cc3)cc2c1OC(F)F. The van der Waals surface area contributed by atoms with E-state index >= 15 is 0 Å². The van der Waals surface area contributed by atoms with E-state index in [1.807, 2.05) is 4.90 Å². The van der Waals surface area contributed by atoms with Crippen molar-refractivity contribution in [1.82, 2.24) is 20.0 Å². The highest BCUT2D eigenvalue weighted by Gasteiger charge is 2.29. The average Bonchev–Trinajstić information content (AvgIpc) is 3.79. The van der Waals surface area contributed by atoms with Crippen LogP contribution in [0, 0.1) is 11.7 Å². The van der Waals surface area contributed by atoms with Crippen molar-refractivity contribution in [2.24, 2.45) is 5.92 Å². The maximum atomic E-state index is 13.6. The van der Waals surface area contributed by atoms with Crippen LogP contribution < -0.4 is 14.8 Å². The molecule has 1 aromatic heterocycles.